The highest BCUT2D eigenvalue weighted by Crippen LogP contribution is 2.28. The lowest BCUT2D eigenvalue weighted by Gasteiger charge is -2.24. The minimum absolute atomic E-state index is 0.0954. The number of ether oxygens (including phenoxy) is 1. The van der Waals surface area contributed by atoms with Crippen LogP contribution in [0.3, 0.4) is 0 Å². The fourth-order valence-electron chi connectivity index (χ4n) is 3.61. The van der Waals surface area contributed by atoms with Crippen molar-refractivity contribution in [1.29, 1.82) is 0 Å². The molecule has 0 aliphatic carbocycles. The van der Waals surface area contributed by atoms with Crippen molar-refractivity contribution in [2.75, 3.05) is 30.7 Å². The van der Waals surface area contributed by atoms with Gasteiger partial charge in [0.15, 0.2) is 0 Å². The van der Waals surface area contributed by atoms with E-state index in [4.69, 9.17) is 15.5 Å². The minimum Gasteiger partial charge on any atom is -0.399 e. The summed E-state index contributed by atoms with van der Waals surface area (Å²) in [5.41, 5.74) is 11.2. The van der Waals surface area contributed by atoms with Crippen LogP contribution in [0.2, 0.25) is 0 Å². The molecule has 5 rings (SSSR count). The van der Waals surface area contributed by atoms with E-state index in [0.717, 1.165) is 53.1 Å². The third kappa shape index (κ3) is 3.80. The van der Waals surface area contributed by atoms with Gasteiger partial charge in [0.05, 0.1) is 23.9 Å². The molecule has 0 saturated carbocycles. The van der Waals surface area contributed by atoms with E-state index in [9.17, 15) is 0 Å². The van der Waals surface area contributed by atoms with Gasteiger partial charge in [-0.25, -0.2) is 9.97 Å². The maximum Gasteiger partial charge on any atom is 0.227 e. The average Bonchev–Trinajstić information content (AvgIpc) is 2.80. The third-order valence-electron chi connectivity index (χ3n) is 5.14. The Kier molecular flexibility index (Phi) is 4.96. The van der Waals surface area contributed by atoms with Crippen LogP contribution in [-0.4, -0.2) is 34.6 Å². The summed E-state index contributed by atoms with van der Waals surface area (Å²) >= 11 is 0. The molecule has 1 saturated heterocycles. The Bertz CT molecular complexity index is 1170. The summed E-state index contributed by atoms with van der Waals surface area (Å²) in [7, 11) is 0. The van der Waals surface area contributed by atoms with Gasteiger partial charge in [0.25, 0.3) is 0 Å². The summed E-state index contributed by atoms with van der Waals surface area (Å²) in [6, 6.07) is 17.8. The van der Waals surface area contributed by atoms with Gasteiger partial charge in [0.2, 0.25) is 5.95 Å². The first-order valence-electron chi connectivity index (χ1n) is 9.93. The molecule has 0 amide bonds. The highest BCUT2D eigenvalue weighted by Gasteiger charge is 2.15. The van der Waals surface area contributed by atoms with Gasteiger partial charge in [-0.15, -0.1) is 0 Å². The number of nitrogen functional groups attached to an aromatic ring is 1. The van der Waals surface area contributed by atoms with E-state index >= 15 is 0 Å². The van der Waals surface area contributed by atoms with E-state index < -0.39 is 0 Å². The van der Waals surface area contributed by atoms with E-state index in [1.165, 1.54) is 0 Å². The largest absolute Gasteiger partial charge is 0.399 e. The second-order valence-corrected chi connectivity index (χ2v) is 7.22. The molecule has 1 aliphatic rings. The number of pyridine rings is 1. The number of morpholine rings is 1. The zero-order chi connectivity index (χ0) is 20.3. The van der Waals surface area contributed by atoms with Gasteiger partial charge in [-0.1, -0.05) is 30.3 Å². The smallest absolute Gasteiger partial charge is 0.227 e. The van der Waals surface area contributed by atoms with E-state index in [0.29, 0.717) is 11.6 Å². The van der Waals surface area contributed by atoms with Crippen LogP contribution < -0.4 is 16.4 Å². The van der Waals surface area contributed by atoms with Crippen molar-refractivity contribution in [3.05, 3.63) is 72.6 Å². The summed E-state index contributed by atoms with van der Waals surface area (Å²) in [6.45, 7) is 2.48. The number of anilines is 3. The molecule has 0 radical (unpaired) electrons. The number of hydrogen-bond acceptors (Lipinski definition) is 7. The molecule has 4 N–H and O–H groups in total. The Hall–Kier alpha value is -3.55. The summed E-state index contributed by atoms with van der Waals surface area (Å²) in [4.78, 5) is 13.7. The Morgan fingerprint density at radius 3 is 2.77 bits per heavy atom. The monoisotopic (exact) mass is 398 g/mol. The number of hydrogen-bond donors (Lipinski definition) is 3. The molecule has 7 nitrogen and oxygen atoms in total. The first-order valence-corrected chi connectivity index (χ1v) is 9.93. The lowest BCUT2D eigenvalue weighted by Crippen LogP contribution is -2.33. The molecule has 3 heterocycles. The second-order valence-electron chi connectivity index (χ2n) is 7.22. The molecule has 2 aromatic carbocycles. The normalized spacial score (nSPS) is 16.5. The molecular formula is C23H22N6O. The molecule has 1 aliphatic heterocycles. The van der Waals surface area contributed by atoms with E-state index in [-0.39, 0.29) is 6.10 Å². The average molecular weight is 398 g/mol. The van der Waals surface area contributed by atoms with Gasteiger partial charge in [0, 0.05) is 47.8 Å². The lowest BCUT2D eigenvalue weighted by molar-refractivity contribution is 0.0277. The molecule has 4 aromatic rings. The number of nitrogens with zero attached hydrogens (tertiary/aromatic N) is 3. The molecule has 0 spiro atoms. The molecule has 1 atom stereocenters. The van der Waals surface area contributed by atoms with Crippen LogP contribution >= 0.6 is 0 Å². The van der Waals surface area contributed by atoms with Crippen molar-refractivity contribution >= 4 is 28.2 Å². The van der Waals surface area contributed by atoms with Crippen LogP contribution in [0.1, 0.15) is 11.7 Å². The number of rotatable bonds is 4. The van der Waals surface area contributed by atoms with Gasteiger partial charge in [-0.05, 0) is 29.8 Å². The number of para-hydroxylation sites is 1. The van der Waals surface area contributed by atoms with Crippen LogP contribution in [0.5, 0.6) is 0 Å². The Morgan fingerprint density at radius 2 is 1.97 bits per heavy atom. The van der Waals surface area contributed by atoms with E-state index in [2.05, 4.69) is 32.7 Å². The molecular weight excluding hydrogens is 376 g/mol. The molecule has 30 heavy (non-hydrogen) atoms. The molecule has 2 aromatic heterocycles. The van der Waals surface area contributed by atoms with Crippen molar-refractivity contribution in [2.24, 2.45) is 0 Å². The second kappa shape index (κ2) is 8.06. The minimum atomic E-state index is 0.0954. The lowest BCUT2D eigenvalue weighted by atomic mass is 10.1. The molecule has 1 fully saturated rings. The highest BCUT2D eigenvalue weighted by atomic mass is 16.5. The molecule has 1 unspecified atom stereocenters. The zero-order valence-corrected chi connectivity index (χ0v) is 16.4. The standard InChI is InChI=1S/C23H22N6O/c24-17-8-9-26-20(12-17)19-3-1-2-16-13-27-23(29-22(16)19)28-18-6-4-15(5-7-18)21-14-25-10-11-30-21/h1-9,12-13,21,25H,10-11,14H2,(H2,24,26)(H,27,28,29). The number of benzene rings is 2. The van der Waals surface area contributed by atoms with E-state index in [1.54, 1.807) is 12.3 Å². The maximum atomic E-state index is 5.94. The third-order valence-corrected chi connectivity index (χ3v) is 5.14. The predicted octanol–water partition coefficient (Wildman–Crippen LogP) is 3.68. The van der Waals surface area contributed by atoms with Crippen molar-refractivity contribution < 1.29 is 4.74 Å². The summed E-state index contributed by atoms with van der Waals surface area (Å²) < 4.78 is 5.81. The van der Waals surface area contributed by atoms with Gasteiger partial charge >= 0.3 is 0 Å². The van der Waals surface area contributed by atoms with Crippen LogP contribution in [0, 0.1) is 0 Å². The van der Waals surface area contributed by atoms with Crippen molar-refractivity contribution in [2.45, 2.75) is 6.10 Å². The number of nitrogens with two attached hydrogens (primary N) is 1. The predicted molar refractivity (Wildman–Crippen MR) is 118 cm³/mol. The Balaban J connectivity index is 1.43. The van der Waals surface area contributed by atoms with Crippen molar-refractivity contribution in [3.8, 4) is 11.3 Å². The summed E-state index contributed by atoms with van der Waals surface area (Å²) in [5, 5.41) is 7.59. The number of aromatic nitrogens is 3. The number of fused-ring (bicyclic) bond motifs is 1. The van der Waals surface area contributed by atoms with Crippen LogP contribution in [0.4, 0.5) is 17.3 Å². The van der Waals surface area contributed by atoms with Crippen LogP contribution in [-0.2, 0) is 4.74 Å². The number of nitrogens with one attached hydrogen (secondary N) is 2. The molecule has 150 valence electrons. The summed E-state index contributed by atoms with van der Waals surface area (Å²) in [6.07, 6.45) is 3.62. The summed E-state index contributed by atoms with van der Waals surface area (Å²) in [5.74, 6) is 0.530. The molecule has 0 bridgehead atoms. The van der Waals surface area contributed by atoms with Gasteiger partial charge < -0.3 is 21.1 Å². The van der Waals surface area contributed by atoms with Crippen molar-refractivity contribution in [3.63, 3.8) is 0 Å². The Labute approximate surface area is 174 Å². The van der Waals surface area contributed by atoms with Gasteiger partial charge in [-0.2, -0.15) is 0 Å². The van der Waals surface area contributed by atoms with Crippen LogP contribution in [0.25, 0.3) is 22.2 Å². The van der Waals surface area contributed by atoms with Crippen molar-refractivity contribution in [1.82, 2.24) is 20.3 Å². The van der Waals surface area contributed by atoms with Gasteiger partial charge in [0.1, 0.15) is 0 Å². The SMILES string of the molecule is Nc1ccnc(-c2cccc3cnc(Nc4ccc(C5CNCCO5)cc4)nc23)c1. The zero-order valence-electron chi connectivity index (χ0n) is 16.4. The van der Waals surface area contributed by atoms with Gasteiger partial charge in [-0.3, -0.25) is 4.98 Å². The highest BCUT2D eigenvalue weighted by molar-refractivity contribution is 5.93. The maximum absolute atomic E-state index is 5.94. The molecule has 7 heteroatoms. The Morgan fingerprint density at radius 1 is 1.07 bits per heavy atom. The quantitative estimate of drug-likeness (QED) is 0.482. The first-order chi connectivity index (χ1) is 14.8. The fraction of sp³-hybridized carbons (Fsp3) is 0.174. The van der Waals surface area contributed by atoms with Crippen LogP contribution in [0.15, 0.2) is 67.0 Å². The fourth-order valence-corrected chi connectivity index (χ4v) is 3.61. The van der Waals surface area contributed by atoms with E-state index in [1.807, 2.05) is 42.6 Å². The topological polar surface area (TPSA) is 98.0 Å². The first kappa shape index (κ1) is 18.5.